The first-order chi connectivity index (χ1) is 14.2. The van der Waals surface area contributed by atoms with Crippen LogP contribution in [0.1, 0.15) is 35.2 Å². The van der Waals surface area contributed by atoms with Crippen LogP contribution in [0.2, 0.25) is 0 Å². The standard InChI is InChI=1S/C25H30N4/c1-18-8-9-27-15-22(26-25(27)10-18)16-28-13-19-6-7-23(28)17-29(14-19)24-11-20-4-2-3-5-21(20)12-24/h2-5,8-10,15,19,23-24H,6-7,11-14,16-17H2,1H3/t19-,23-/m1/s1. The molecule has 4 aliphatic rings. The average molecular weight is 387 g/mol. The van der Waals surface area contributed by atoms with Gasteiger partial charge in [0.1, 0.15) is 5.65 Å². The quantitative estimate of drug-likeness (QED) is 0.686. The minimum absolute atomic E-state index is 0.670. The van der Waals surface area contributed by atoms with E-state index in [1.807, 2.05) is 0 Å². The number of piperidine rings is 1. The van der Waals surface area contributed by atoms with Gasteiger partial charge in [-0.3, -0.25) is 9.80 Å². The minimum Gasteiger partial charge on any atom is -0.307 e. The molecule has 3 aromatic rings. The molecule has 0 spiro atoms. The van der Waals surface area contributed by atoms with Crippen LogP contribution in [0.15, 0.2) is 48.8 Å². The molecule has 5 heterocycles. The van der Waals surface area contributed by atoms with Crippen LogP contribution >= 0.6 is 0 Å². The lowest BCUT2D eigenvalue weighted by Gasteiger charge is -2.35. The maximum absolute atomic E-state index is 4.91. The number of nitrogens with zero attached hydrogens (tertiary/aromatic N) is 4. The Kier molecular flexibility index (Phi) is 4.24. The highest BCUT2D eigenvalue weighted by molar-refractivity contribution is 5.42. The molecule has 2 bridgehead atoms. The summed E-state index contributed by atoms with van der Waals surface area (Å²) in [5, 5.41) is 0. The van der Waals surface area contributed by atoms with E-state index in [1.165, 1.54) is 56.6 Å². The Hall–Kier alpha value is -2.17. The van der Waals surface area contributed by atoms with Crippen LogP contribution in [-0.2, 0) is 19.4 Å². The Morgan fingerprint density at radius 3 is 2.62 bits per heavy atom. The largest absolute Gasteiger partial charge is 0.307 e. The number of hydrogen-bond acceptors (Lipinski definition) is 3. The van der Waals surface area contributed by atoms with E-state index in [0.29, 0.717) is 12.1 Å². The molecule has 2 aromatic heterocycles. The summed E-state index contributed by atoms with van der Waals surface area (Å²) in [6.45, 7) is 6.85. The summed E-state index contributed by atoms with van der Waals surface area (Å²) in [7, 11) is 0. The molecule has 3 saturated heterocycles. The first-order valence-corrected chi connectivity index (χ1v) is 11.2. The van der Waals surface area contributed by atoms with E-state index in [9.17, 15) is 0 Å². The van der Waals surface area contributed by atoms with Gasteiger partial charge in [0.2, 0.25) is 0 Å². The van der Waals surface area contributed by atoms with Gasteiger partial charge in [-0.25, -0.2) is 4.98 Å². The molecule has 0 unspecified atom stereocenters. The number of pyridine rings is 1. The monoisotopic (exact) mass is 386 g/mol. The molecule has 1 aromatic carbocycles. The summed E-state index contributed by atoms with van der Waals surface area (Å²) in [5.74, 6) is 0.803. The fourth-order valence-corrected chi connectivity index (χ4v) is 5.92. The first kappa shape index (κ1) is 17.7. The molecular weight excluding hydrogens is 356 g/mol. The molecule has 7 rings (SSSR count). The predicted molar refractivity (Wildman–Crippen MR) is 116 cm³/mol. The predicted octanol–water partition coefficient (Wildman–Crippen LogP) is 3.71. The van der Waals surface area contributed by atoms with Crippen molar-refractivity contribution in [2.45, 2.75) is 51.2 Å². The highest BCUT2D eigenvalue weighted by atomic mass is 15.3. The number of hydrogen-bond donors (Lipinski definition) is 0. The Bertz CT molecular complexity index is 1010. The van der Waals surface area contributed by atoms with Crippen molar-refractivity contribution in [3.63, 3.8) is 0 Å². The van der Waals surface area contributed by atoms with E-state index in [1.54, 1.807) is 11.1 Å². The molecule has 0 N–H and O–H groups in total. The van der Waals surface area contributed by atoms with Gasteiger partial charge in [-0.2, -0.15) is 0 Å². The number of aromatic nitrogens is 2. The zero-order chi connectivity index (χ0) is 19.4. The second kappa shape index (κ2) is 6.96. The molecule has 1 aliphatic carbocycles. The van der Waals surface area contributed by atoms with Gasteiger partial charge < -0.3 is 4.40 Å². The zero-order valence-corrected chi connectivity index (χ0v) is 17.3. The summed E-state index contributed by atoms with van der Waals surface area (Å²) in [6.07, 6.45) is 9.56. The van der Waals surface area contributed by atoms with Crippen molar-refractivity contribution < 1.29 is 0 Å². The van der Waals surface area contributed by atoms with E-state index in [4.69, 9.17) is 4.98 Å². The maximum atomic E-state index is 4.91. The van der Waals surface area contributed by atoms with Crippen LogP contribution in [0.4, 0.5) is 0 Å². The zero-order valence-electron chi connectivity index (χ0n) is 17.3. The SMILES string of the molecule is Cc1ccn2cc(CN3C[C@H]4CC[C@@H]3CN(C3Cc5ccccc5C3)C4)nc2c1. The molecule has 29 heavy (non-hydrogen) atoms. The number of fused-ring (bicyclic) bond motifs is 6. The molecule has 0 saturated carbocycles. The normalized spacial score (nSPS) is 25.6. The highest BCUT2D eigenvalue weighted by Gasteiger charge is 2.38. The van der Waals surface area contributed by atoms with Gasteiger partial charge in [0, 0.05) is 50.7 Å². The van der Waals surface area contributed by atoms with E-state index in [-0.39, 0.29) is 0 Å². The van der Waals surface area contributed by atoms with Gasteiger partial charge in [0.15, 0.2) is 0 Å². The highest BCUT2D eigenvalue weighted by Crippen LogP contribution is 2.33. The van der Waals surface area contributed by atoms with E-state index in [2.05, 4.69) is 69.9 Å². The van der Waals surface area contributed by atoms with Crippen LogP contribution in [0.5, 0.6) is 0 Å². The van der Waals surface area contributed by atoms with E-state index < -0.39 is 0 Å². The van der Waals surface area contributed by atoms with Crippen LogP contribution < -0.4 is 0 Å². The molecule has 3 aliphatic heterocycles. The lowest BCUT2D eigenvalue weighted by molar-refractivity contribution is 0.119. The smallest absolute Gasteiger partial charge is 0.137 e. The third-order valence-electron chi connectivity index (χ3n) is 7.43. The molecular formula is C25H30N4. The van der Waals surface area contributed by atoms with Crippen LogP contribution in [0.25, 0.3) is 5.65 Å². The topological polar surface area (TPSA) is 23.8 Å². The Labute approximate surface area is 173 Å². The van der Waals surface area contributed by atoms with Crippen molar-refractivity contribution >= 4 is 5.65 Å². The molecule has 150 valence electrons. The molecule has 0 radical (unpaired) electrons. The van der Waals surface area contributed by atoms with Crippen molar-refractivity contribution in [1.82, 2.24) is 19.2 Å². The minimum atomic E-state index is 0.670. The van der Waals surface area contributed by atoms with Gasteiger partial charge in [-0.05, 0) is 67.3 Å². The number of aryl methyl sites for hydroxylation is 1. The second-order valence-electron chi connectivity index (χ2n) is 9.51. The molecule has 4 heteroatoms. The summed E-state index contributed by atoms with van der Waals surface area (Å²) in [6, 6.07) is 14.8. The second-order valence-corrected chi connectivity index (χ2v) is 9.51. The number of imidazole rings is 1. The van der Waals surface area contributed by atoms with Gasteiger partial charge in [-0.1, -0.05) is 24.3 Å². The summed E-state index contributed by atoms with van der Waals surface area (Å²) in [4.78, 5) is 10.5. The lowest BCUT2D eigenvalue weighted by atomic mass is 9.95. The molecule has 4 nitrogen and oxygen atoms in total. The van der Waals surface area contributed by atoms with Crippen molar-refractivity contribution in [3.05, 3.63) is 71.2 Å². The van der Waals surface area contributed by atoms with Crippen molar-refractivity contribution in [1.29, 1.82) is 0 Å². The van der Waals surface area contributed by atoms with Crippen molar-refractivity contribution in [2.75, 3.05) is 19.6 Å². The third kappa shape index (κ3) is 3.28. The number of rotatable bonds is 3. The maximum Gasteiger partial charge on any atom is 0.137 e. The fraction of sp³-hybridized carbons (Fsp3) is 0.480. The molecule has 0 amide bonds. The van der Waals surface area contributed by atoms with Gasteiger partial charge in [-0.15, -0.1) is 0 Å². The average Bonchev–Trinajstić information content (AvgIpc) is 3.21. The van der Waals surface area contributed by atoms with E-state index in [0.717, 1.165) is 18.1 Å². The molecule has 2 atom stereocenters. The Morgan fingerprint density at radius 1 is 0.966 bits per heavy atom. The summed E-state index contributed by atoms with van der Waals surface area (Å²) < 4.78 is 2.17. The number of benzene rings is 1. The van der Waals surface area contributed by atoms with Gasteiger partial charge in [0.05, 0.1) is 5.69 Å². The van der Waals surface area contributed by atoms with Gasteiger partial charge in [0.25, 0.3) is 0 Å². The van der Waals surface area contributed by atoms with Crippen LogP contribution in [-0.4, -0.2) is 50.9 Å². The first-order valence-electron chi connectivity index (χ1n) is 11.2. The van der Waals surface area contributed by atoms with Crippen molar-refractivity contribution in [3.8, 4) is 0 Å². The summed E-state index contributed by atoms with van der Waals surface area (Å²) in [5.41, 5.74) is 6.71. The van der Waals surface area contributed by atoms with Crippen molar-refractivity contribution in [2.24, 2.45) is 5.92 Å². The van der Waals surface area contributed by atoms with Crippen LogP contribution in [0.3, 0.4) is 0 Å². The summed E-state index contributed by atoms with van der Waals surface area (Å²) >= 11 is 0. The fourth-order valence-electron chi connectivity index (χ4n) is 5.92. The van der Waals surface area contributed by atoms with E-state index >= 15 is 0 Å². The van der Waals surface area contributed by atoms with Crippen LogP contribution in [0, 0.1) is 12.8 Å². The Morgan fingerprint density at radius 2 is 1.79 bits per heavy atom. The molecule has 3 fully saturated rings. The lowest BCUT2D eigenvalue weighted by Crippen LogP contribution is -2.44. The third-order valence-corrected chi connectivity index (χ3v) is 7.43. The Balaban J connectivity index is 1.19. The van der Waals surface area contributed by atoms with Gasteiger partial charge >= 0.3 is 0 Å².